The molecule has 1 N–H and O–H groups in total. The van der Waals surface area contributed by atoms with E-state index in [1.54, 1.807) is 0 Å². The molecule has 0 saturated heterocycles. The molecule has 14 heavy (non-hydrogen) atoms. The summed E-state index contributed by atoms with van der Waals surface area (Å²) in [5.74, 6) is 0.150. The second-order valence-electron chi connectivity index (χ2n) is 3.75. The van der Waals surface area contributed by atoms with Crippen LogP contribution in [0.5, 0.6) is 0 Å². The summed E-state index contributed by atoms with van der Waals surface area (Å²) in [4.78, 5) is 11.3. The van der Waals surface area contributed by atoms with E-state index in [-0.39, 0.29) is 5.91 Å². The molecule has 1 amide bonds. The number of anilines is 1. The highest BCUT2D eigenvalue weighted by atomic mass is 16.1. The summed E-state index contributed by atoms with van der Waals surface area (Å²) >= 11 is 0. The van der Waals surface area contributed by atoms with Crippen LogP contribution in [0.1, 0.15) is 30.9 Å². The van der Waals surface area contributed by atoms with Crippen LogP contribution in [0, 0.1) is 0 Å². The molecule has 2 nitrogen and oxygen atoms in total. The number of nitrogens with one attached hydrogen (secondary N) is 1. The summed E-state index contributed by atoms with van der Waals surface area (Å²) in [7, 11) is 0. The Hall–Kier alpha value is -1.31. The molecule has 0 bridgehead atoms. The fraction of sp³-hybridized carbons (Fsp3) is 0.417. The zero-order valence-electron chi connectivity index (χ0n) is 8.47. The standard InChI is InChI=1S/C12H15NO/c1-2-9-6-7-10-4-3-5-12(14)13-11(10)8-9/h6-8H,2-5H2,1H3,(H,13,14). The molecular weight excluding hydrogens is 174 g/mol. The second kappa shape index (κ2) is 3.82. The van der Waals surface area contributed by atoms with Crippen LogP contribution in [0.4, 0.5) is 5.69 Å². The van der Waals surface area contributed by atoms with Gasteiger partial charge in [-0.25, -0.2) is 0 Å². The molecule has 2 heteroatoms. The summed E-state index contributed by atoms with van der Waals surface area (Å²) in [6.45, 7) is 2.13. The first kappa shape index (κ1) is 9.25. The number of rotatable bonds is 1. The van der Waals surface area contributed by atoms with Crippen LogP contribution < -0.4 is 5.32 Å². The van der Waals surface area contributed by atoms with Crippen LogP contribution in [0.25, 0.3) is 0 Å². The van der Waals surface area contributed by atoms with Gasteiger partial charge in [0.25, 0.3) is 0 Å². The first-order chi connectivity index (χ1) is 6.79. The molecule has 0 saturated carbocycles. The smallest absolute Gasteiger partial charge is 0.224 e. The van der Waals surface area contributed by atoms with Gasteiger partial charge in [-0.1, -0.05) is 19.1 Å². The minimum absolute atomic E-state index is 0.150. The minimum atomic E-state index is 0.150. The van der Waals surface area contributed by atoms with Crippen molar-refractivity contribution in [2.75, 3.05) is 5.32 Å². The van der Waals surface area contributed by atoms with E-state index in [1.807, 2.05) is 0 Å². The predicted octanol–water partition coefficient (Wildman–Crippen LogP) is 2.52. The van der Waals surface area contributed by atoms with Crippen molar-refractivity contribution in [3.63, 3.8) is 0 Å². The van der Waals surface area contributed by atoms with E-state index in [0.717, 1.165) is 24.9 Å². The molecule has 0 unspecified atom stereocenters. The van der Waals surface area contributed by atoms with Crippen molar-refractivity contribution in [2.45, 2.75) is 32.6 Å². The van der Waals surface area contributed by atoms with Gasteiger partial charge in [0.05, 0.1) is 0 Å². The summed E-state index contributed by atoms with van der Waals surface area (Å²) in [5.41, 5.74) is 3.57. The third kappa shape index (κ3) is 1.79. The zero-order chi connectivity index (χ0) is 9.97. The molecule has 0 aliphatic carbocycles. The Labute approximate surface area is 84.3 Å². The first-order valence-corrected chi connectivity index (χ1v) is 5.21. The molecule has 2 rings (SSSR count). The zero-order valence-corrected chi connectivity index (χ0v) is 8.47. The quantitative estimate of drug-likeness (QED) is 0.722. The molecular formula is C12H15NO. The maximum atomic E-state index is 11.3. The van der Waals surface area contributed by atoms with Gasteiger partial charge in [0.2, 0.25) is 5.91 Å². The molecule has 0 atom stereocenters. The second-order valence-corrected chi connectivity index (χ2v) is 3.75. The summed E-state index contributed by atoms with van der Waals surface area (Å²) in [6, 6.07) is 6.38. The van der Waals surface area contributed by atoms with Gasteiger partial charge in [0.1, 0.15) is 0 Å². The Bertz CT molecular complexity index is 357. The highest BCUT2D eigenvalue weighted by Crippen LogP contribution is 2.23. The number of benzene rings is 1. The largest absolute Gasteiger partial charge is 0.326 e. The van der Waals surface area contributed by atoms with Crippen LogP contribution in [-0.4, -0.2) is 5.91 Å². The lowest BCUT2D eigenvalue weighted by molar-refractivity contribution is -0.116. The Morgan fingerprint density at radius 3 is 3.00 bits per heavy atom. The fourth-order valence-corrected chi connectivity index (χ4v) is 1.83. The van der Waals surface area contributed by atoms with Crippen LogP contribution in [0.3, 0.4) is 0 Å². The van der Waals surface area contributed by atoms with Gasteiger partial charge < -0.3 is 5.32 Å². The number of amides is 1. The van der Waals surface area contributed by atoms with Gasteiger partial charge in [-0.3, -0.25) is 4.79 Å². The SMILES string of the molecule is CCc1ccc2c(c1)NC(=O)CCC2. The Morgan fingerprint density at radius 1 is 1.36 bits per heavy atom. The molecule has 0 spiro atoms. The van der Waals surface area contributed by atoms with E-state index >= 15 is 0 Å². The van der Waals surface area contributed by atoms with Crippen molar-refractivity contribution < 1.29 is 4.79 Å². The number of hydrogen-bond acceptors (Lipinski definition) is 1. The van der Waals surface area contributed by atoms with E-state index in [0.29, 0.717) is 6.42 Å². The number of hydrogen-bond donors (Lipinski definition) is 1. The van der Waals surface area contributed by atoms with Crippen molar-refractivity contribution in [3.05, 3.63) is 29.3 Å². The van der Waals surface area contributed by atoms with Crippen molar-refractivity contribution >= 4 is 11.6 Å². The summed E-state index contributed by atoms with van der Waals surface area (Å²) < 4.78 is 0. The molecule has 1 heterocycles. The Morgan fingerprint density at radius 2 is 2.21 bits per heavy atom. The lowest BCUT2D eigenvalue weighted by Crippen LogP contribution is -2.09. The third-order valence-corrected chi connectivity index (χ3v) is 2.71. The van der Waals surface area contributed by atoms with E-state index < -0.39 is 0 Å². The monoisotopic (exact) mass is 189 g/mol. The van der Waals surface area contributed by atoms with Crippen molar-refractivity contribution in [2.24, 2.45) is 0 Å². The number of carbonyl (C=O) groups excluding carboxylic acids is 1. The van der Waals surface area contributed by atoms with Crippen molar-refractivity contribution in [1.29, 1.82) is 0 Å². The number of aryl methyl sites for hydroxylation is 2. The maximum Gasteiger partial charge on any atom is 0.224 e. The molecule has 0 aromatic heterocycles. The first-order valence-electron chi connectivity index (χ1n) is 5.21. The minimum Gasteiger partial charge on any atom is -0.326 e. The fourth-order valence-electron chi connectivity index (χ4n) is 1.83. The van der Waals surface area contributed by atoms with Crippen molar-refractivity contribution in [3.8, 4) is 0 Å². The van der Waals surface area contributed by atoms with Crippen LogP contribution in [-0.2, 0) is 17.6 Å². The lowest BCUT2D eigenvalue weighted by Gasteiger charge is -2.07. The predicted molar refractivity (Wildman–Crippen MR) is 57.4 cm³/mol. The Balaban J connectivity index is 2.36. The van der Waals surface area contributed by atoms with Crippen LogP contribution in [0.15, 0.2) is 18.2 Å². The van der Waals surface area contributed by atoms with E-state index in [9.17, 15) is 4.79 Å². The van der Waals surface area contributed by atoms with E-state index in [1.165, 1.54) is 11.1 Å². The number of carbonyl (C=O) groups is 1. The molecule has 1 aliphatic rings. The highest BCUT2D eigenvalue weighted by molar-refractivity contribution is 5.92. The van der Waals surface area contributed by atoms with Gasteiger partial charge in [0.15, 0.2) is 0 Å². The third-order valence-electron chi connectivity index (χ3n) is 2.71. The van der Waals surface area contributed by atoms with Gasteiger partial charge in [-0.05, 0) is 36.5 Å². The van der Waals surface area contributed by atoms with Crippen molar-refractivity contribution in [1.82, 2.24) is 0 Å². The van der Waals surface area contributed by atoms with Gasteiger partial charge in [-0.2, -0.15) is 0 Å². The van der Waals surface area contributed by atoms with Crippen LogP contribution >= 0.6 is 0 Å². The molecule has 1 aliphatic heterocycles. The molecule has 1 aromatic rings. The van der Waals surface area contributed by atoms with Gasteiger partial charge in [0, 0.05) is 12.1 Å². The molecule has 74 valence electrons. The maximum absolute atomic E-state index is 11.3. The van der Waals surface area contributed by atoms with Crippen LogP contribution in [0.2, 0.25) is 0 Å². The summed E-state index contributed by atoms with van der Waals surface area (Å²) in [6.07, 6.45) is 3.64. The topological polar surface area (TPSA) is 29.1 Å². The molecule has 1 aromatic carbocycles. The highest BCUT2D eigenvalue weighted by Gasteiger charge is 2.12. The average molecular weight is 189 g/mol. The van der Waals surface area contributed by atoms with E-state index in [2.05, 4.69) is 30.4 Å². The molecule has 0 fully saturated rings. The average Bonchev–Trinajstić information content (AvgIpc) is 2.37. The number of fused-ring (bicyclic) bond motifs is 1. The van der Waals surface area contributed by atoms with Gasteiger partial charge in [-0.15, -0.1) is 0 Å². The molecule has 0 radical (unpaired) electrons. The Kier molecular flexibility index (Phi) is 2.53. The lowest BCUT2D eigenvalue weighted by atomic mass is 10.0. The summed E-state index contributed by atoms with van der Waals surface area (Å²) in [5, 5.41) is 2.96. The van der Waals surface area contributed by atoms with E-state index in [4.69, 9.17) is 0 Å². The normalized spacial score (nSPS) is 15.6. The van der Waals surface area contributed by atoms with Gasteiger partial charge >= 0.3 is 0 Å².